The fraction of sp³-hybridized carbons (Fsp3) is 0.409. The number of halogens is 1. The van der Waals surface area contributed by atoms with Crippen LogP contribution in [0.5, 0.6) is 28.7 Å². The molecule has 3 rings (SSSR count). The van der Waals surface area contributed by atoms with Crippen LogP contribution in [0.15, 0.2) is 18.2 Å². The lowest BCUT2D eigenvalue weighted by atomic mass is 9.96. The van der Waals surface area contributed by atoms with Crippen LogP contribution in [0.4, 0.5) is 0 Å². The first kappa shape index (κ1) is 23.3. The summed E-state index contributed by atoms with van der Waals surface area (Å²) in [7, 11) is 4.50. The maximum absolute atomic E-state index is 13.2. The number of ether oxygens (including phenoxy) is 6. The van der Waals surface area contributed by atoms with Crippen molar-refractivity contribution in [1.29, 1.82) is 0 Å². The van der Waals surface area contributed by atoms with Gasteiger partial charge in [0.2, 0.25) is 12.5 Å². The van der Waals surface area contributed by atoms with Crippen molar-refractivity contribution in [3.05, 3.63) is 27.3 Å². The van der Waals surface area contributed by atoms with Crippen LogP contribution in [0.1, 0.15) is 24.2 Å². The highest BCUT2D eigenvalue weighted by Crippen LogP contribution is 2.50. The van der Waals surface area contributed by atoms with Crippen LogP contribution in [0, 0.1) is 9.49 Å². The highest BCUT2D eigenvalue weighted by atomic mass is 127. The second-order valence-electron chi connectivity index (χ2n) is 7.26. The molecule has 1 atom stereocenters. The number of methoxy groups -OCH3 is 3. The summed E-state index contributed by atoms with van der Waals surface area (Å²) in [4.78, 5) is 13.2. The van der Waals surface area contributed by atoms with E-state index in [0.29, 0.717) is 39.9 Å². The molecule has 0 unspecified atom stereocenters. The zero-order chi connectivity index (χ0) is 22.7. The highest BCUT2D eigenvalue weighted by Gasteiger charge is 2.29. The van der Waals surface area contributed by atoms with Gasteiger partial charge in [0, 0.05) is 20.7 Å². The summed E-state index contributed by atoms with van der Waals surface area (Å²) in [6, 6.07) is 4.96. The van der Waals surface area contributed by atoms with Crippen molar-refractivity contribution in [1.82, 2.24) is 0 Å². The van der Waals surface area contributed by atoms with Gasteiger partial charge in [-0.2, -0.15) is 0 Å². The minimum absolute atomic E-state index is 0.0881. The van der Waals surface area contributed by atoms with Gasteiger partial charge in [0.05, 0.1) is 26.9 Å². The van der Waals surface area contributed by atoms with Crippen LogP contribution in [0.25, 0.3) is 11.1 Å². The second-order valence-corrected chi connectivity index (χ2v) is 8.42. The van der Waals surface area contributed by atoms with Crippen LogP contribution in [-0.2, 0) is 4.74 Å². The molecule has 31 heavy (non-hydrogen) atoms. The molecule has 0 bridgehead atoms. The minimum Gasteiger partial charge on any atom is -0.493 e. The van der Waals surface area contributed by atoms with E-state index in [4.69, 9.17) is 34.2 Å². The molecule has 2 aromatic rings. The van der Waals surface area contributed by atoms with Crippen LogP contribution in [-0.4, -0.2) is 46.7 Å². The maximum Gasteiger partial charge on any atom is 0.339 e. The third-order valence-corrected chi connectivity index (χ3v) is 5.94. The summed E-state index contributed by atoms with van der Waals surface area (Å²) >= 11 is 2.18. The summed E-state index contributed by atoms with van der Waals surface area (Å²) in [5.74, 6) is 1.90. The Labute approximate surface area is 195 Å². The van der Waals surface area contributed by atoms with Gasteiger partial charge < -0.3 is 34.2 Å². The van der Waals surface area contributed by atoms with Gasteiger partial charge in [-0.25, -0.2) is 4.79 Å². The van der Waals surface area contributed by atoms with Gasteiger partial charge in [0.25, 0.3) is 0 Å². The number of hydrogen-bond donors (Lipinski definition) is 1. The summed E-state index contributed by atoms with van der Waals surface area (Å²) in [5, 5.41) is 0. The number of hydrogen-bond acceptors (Lipinski definition) is 8. The fourth-order valence-electron chi connectivity index (χ4n) is 3.14. The van der Waals surface area contributed by atoms with E-state index in [1.807, 2.05) is 26.0 Å². The van der Waals surface area contributed by atoms with E-state index in [9.17, 15) is 4.79 Å². The minimum atomic E-state index is -0.543. The number of benzene rings is 2. The molecule has 2 N–H and O–H groups in total. The molecule has 0 aromatic heterocycles. The van der Waals surface area contributed by atoms with E-state index in [1.54, 1.807) is 6.07 Å². The summed E-state index contributed by atoms with van der Waals surface area (Å²) in [6.45, 7) is 4.17. The van der Waals surface area contributed by atoms with Crippen LogP contribution in [0.2, 0.25) is 0 Å². The number of esters is 1. The quantitative estimate of drug-likeness (QED) is 0.396. The predicted octanol–water partition coefficient (Wildman–Crippen LogP) is 3.85. The molecule has 9 heteroatoms. The molecule has 0 radical (unpaired) electrons. The van der Waals surface area contributed by atoms with Crippen molar-refractivity contribution in [2.45, 2.75) is 19.9 Å². The van der Waals surface area contributed by atoms with Crippen molar-refractivity contribution in [2.75, 3.05) is 34.7 Å². The van der Waals surface area contributed by atoms with Crippen molar-refractivity contribution in [2.24, 2.45) is 11.7 Å². The van der Waals surface area contributed by atoms with Crippen LogP contribution in [0.3, 0.4) is 0 Å². The van der Waals surface area contributed by atoms with Crippen LogP contribution >= 0.6 is 22.6 Å². The average molecular weight is 543 g/mol. The van der Waals surface area contributed by atoms with E-state index in [1.165, 1.54) is 21.3 Å². The first-order valence-electron chi connectivity index (χ1n) is 9.67. The summed E-state index contributed by atoms with van der Waals surface area (Å²) in [6.07, 6.45) is 0. The Hall–Kier alpha value is -2.40. The zero-order valence-electron chi connectivity index (χ0n) is 18.1. The molecule has 0 amide bonds. The Morgan fingerprint density at radius 2 is 1.71 bits per heavy atom. The van der Waals surface area contributed by atoms with Gasteiger partial charge in [0.1, 0.15) is 6.61 Å². The van der Waals surface area contributed by atoms with Crippen molar-refractivity contribution in [3.8, 4) is 39.9 Å². The molecule has 1 heterocycles. The normalized spacial score (nSPS) is 13.2. The third kappa shape index (κ3) is 4.62. The van der Waals surface area contributed by atoms with Gasteiger partial charge in [-0.05, 0) is 46.7 Å². The third-order valence-electron chi connectivity index (χ3n) is 5.04. The second kappa shape index (κ2) is 9.82. The van der Waals surface area contributed by atoms with Crippen molar-refractivity contribution < 1.29 is 33.2 Å². The van der Waals surface area contributed by atoms with Crippen LogP contribution < -0.4 is 29.4 Å². The molecule has 0 saturated carbocycles. The molecule has 0 aliphatic carbocycles. The van der Waals surface area contributed by atoms with E-state index in [-0.39, 0.29) is 30.9 Å². The van der Waals surface area contributed by atoms with Gasteiger partial charge in [-0.3, -0.25) is 0 Å². The van der Waals surface area contributed by atoms with Crippen molar-refractivity contribution >= 4 is 28.6 Å². The number of nitrogens with two attached hydrogens (primary N) is 1. The van der Waals surface area contributed by atoms with E-state index >= 15 is 0 Å². The maximum atomic E-state index is 13.2. The van der Waals surface area contributed by atoms with Gasteiger partial charge >= 0.3 is 5.97 Å². The molecule has 0 fully saturated rings. The molecule has 1 aliphatic rings. The van der Waals surface area contributed by atoms with Gasteiger partial charge in [0.15, 0.2) is 23.0 Å². The Kier molecular flexibility index (Phi) is 7.37. The molecule has 0 saturated heterocycles. The Morgan fingerprint density at radius 3 is 2.29 bits per heavy atom. The number of rotatable bonds is 8. The molecule has 2 aromatic carbocycles. The van der Waals surface area contributed by atoms with Crippen molar-refractivity contribution in [3.63, 3.8) is 0 Å². The fourth-order valence-corrected chi connectivity index (χ4v) is 3.84. The standard InChI is InChI=1S/C22H26INO7/c1-11(2)15(24)9-29-22(25)13-7-18(26-3)20(27-4)21(28-5)19(13)12-6-16-17(8-14(12)23)31-10-30-16/h6-8,11,15H,9-10,24H2,1-5H3/t15-/m1/s1. The zero-order valence-corrected chi connectivity index (χ0v) is 20.3. The Morgan fingerprint density at radius 1 is 1.06 bits per heavy atom. The Bertz CT molecular complexity index is 977. The lowest BCUT2D eigenvalue weighted by molar-refractivity contribution is 0.0463. The number of carbonyl (C=O) groups excluding carboxylic acids is 1. The monoisotopic (exact) mass is 543 g/mol. The molecule has 168 valence electrons. The van der Waals surface area contributed by atoms with E-state index in [2.05, 4.69) is 22.6 Å². The topological polar surface area (TPSA) is 98.5 Å². The SMILES string of the molecule is COc1cc(C(=O)OC[C@@H](N)C(C)C)c(-c2cc3c(cc2I)OCO3)c(OC)c1OC. The summed E-state index contributed by atoms with van der Waals surface area (Å²) in [5.41, 5.74) is 7.54. The first-order valence-corrected chi connectivity index (χ1v) is 10.7. The van der Waals surface area contributed by atoms with E-state index in [0.717, 1.165) is 3.57 Å². The predicted molar refractivity (Wildman–Crippen MR) is 123 cm³/mol. The first-order chi connectivity index (χ1) is 14.8. The number of fused-ring (bicyclic) bond motifs is 1. The van der Waals surface area contributed by atoms with Gasteiger partial charge in [-0.15, -0.1) is 0 Å². The molecule has 1 aliphatic heterocycles. The number of carbonyl (C=O) groups is 1. The largest absolute Gasteiger partial charge is 0.493 e. The average Bonchev–Trinajstić information content (AvgIpc) is 3.21. The summed E-state index contributed by atoms with van der Waals surface area (Å²) < 4.78 is 34.0. The Balaban J connectivity index is 2.19. The molecule has 0 spiro atoms. The van der Waals surface area contributed by atoms with Gasteiger partial charge in [-0.1, -0.05) is 13.8 Å². The molecule has 8 nitrogen and oxygen atoms in total. The molecular weight excluding hydrogens is 517 g/mol. The molecular formula is C22H26INO7. The van der Waals surface area contributed by atoms with E-state index < -0.39 is 5.97 Å². The lowest BCUT2D eigenvalue weighted by Gasteiger charge is -2.21. The highest BCUT2D eigenvalue weighted by molar-refractivity contribution is 14.1. The lowest BCUT2D eigenvalue weighted by Crippen LogP contribution is -2.32. The smallest absolute Gasteiger partial charge is 0.339 e.